The highest BCUT2D eigenvalue weighted by Crippen LogP contribution is 2.27. The van der Waals surface area contributed by atoms with Crippen molar-refractivity contribution in [1.29, 1.82) is 0 Å². The van der Waals surface area contributed by atoms with Gasteiger partial charge in [-0.05, 0) is 23.8 Å². The maximum Gasteiger partial charge on any atom is 0.276 e. The molecule has 0 amide bonds. The van der Waals surface area contributed by atoms with Gasteiger partial charge in [-0.25, -0.2) is 4.40 Å². The molecule has 0 spiro atoms. The summed E-state index contributed by atoms with van der Waals surface area (Å²) in [6.07, 6.45) is 1.82. The number of benzene rings is 2. The van der Waals surface area contributed by atoms with Gasteiger partial charge in [0.1, 0.15) is 0 Å². The van der Waals surface area contributed by atoms with Gasteiger partial charge in [0.25, 0.3) is 5.56 Å². The Labute approximate surface area is 153 Å². The Balaban J connectivity index is 1.86. The molecule has 0 fully saturated rings. The minimum Gasteiger partial charge on any atom is -0.493 e. The van der Waals surface area contributed by atoms with E-state index in [-0.39, 0.29) is 5.56 Å². The van der Waals surface area contributed by atoms with Gasteiger partial charge in [-0.1, -0.05) is 47.7 Å². The highest BCUT2D eigenvalue weighted by Gasteiger charge is 2.14. The molecule has 0 aliphatic heterocycles. The molecule has 0 N–H and O–H groups in total. The Morgan fingerprint density at radius 1 is 1.00 bits per heavy atom. The van der Waals surface area contributed by atoms with Crippen molar-refractivity contribution in [1.82, 2.24) is 14.6 Å². The van der Waals surface area contributed by atoms with Crippen LogP contribution in [-0.4, -0.2) is 28.8 Å². The van der Waals surface area contributed by atoms with E-state index in [0.29, 0.717) is 26.8 Å². The molecule has 6 nitrogen and oxygen atoms in total. The standard InChI is InChI=1S/C19H15N3O3S/c1-24-14-9-8-12(10-15(14)25-2)11-16-18(23)22-17(20-21-19(22)26-16)13-6-4-3-5-7-13/h3-11H,1-2H3. The number of ether oxygens (including phenoxy) is 2. The predicted molar refractivity (Wildman–Crippen MR) is 101 cm³/mol. The van der Waals surface area contributed by atoms with Crippen molar-refractivity contribution >= 4 is 22.4 Å². The molecule has 2 aromatic carbocycles. The number of nitrogens with zero attached hydrogens (tertiary/aromatic N) is 3. The maximum atomic E-state index is 12.9. The summed E-state index contributed by atoms with van der Waals surface area (Å²) in [4.78, 5) is 13.4. The van der Waals surface area contributed by atoms with E-state index in [1.54, 1.807) is 18.6 Å². The van der Waals surface area contributed by atoms with Crippen LogP contribution in [0, 0.1) is 0 Å². The van der Waals surface area contributed by atoms with Crippen molar-refractivity contribution in [2.75, 3.05) is 14.2 Å². The van der Waals surface area contributed by atoms with Crippen LogP contribution in [0.15, 0.2) is 53.3 Å². The zero-order valence-corrected chi connectivity index (χ0v) is 15.0. The van der Waals surface area contributed by atoms with Crippen LogP contribution in [0.3, 0.4) is 0 Å². The first-order valence-corrected chi connectivity index (χ1v) is 8.70. The third kappa shape index (κ3) is 2.72. The molecule has 0 bridgehead atoms. The number of hydrogen-bond acceptors (Lipinski definition) is 6. The molecule has 2 aromatic heterocycles. The molecule has 4 aromatic rings. The molecule has 0 saturated heterocycles. The van der Waals surface area contributed by atoms with E-state index in [1.807, 2.05) is 54.6 Å². The first kappa shape index (κ1) is 16.3. The Morgan fingerprint density at radius 3 is 2.50 bits per heavy atom. The smallest absolute Gasteiger partial charge is 0.276 e. The quantitative estimate of drug-likeness (QED) is 0.556. The van der Waals surface area contributed by atoms with Gasteiger partial charge in [0, 0.05) is 5.56 Å². The van der Waals surface area contributed by atoms with E-state index in [2.05, 4.69) is 10.2 Å². The van der Waals surface area contributed by atoms with Gasteiger partial charge < -0.3 is 9.47 Å². The lowest BCUT2D eigenvalue weighted by atomic mass is 10.2. The van der Waals surface area contributed by atoms with Gasteiger partial charge >= 0.3 is 0 Å². The molecule has 7 heteroatoms. The lowest BCUT2D eigenvalue weighted by Crippen LogP contribution is -2.23. The van der Waals surface area contributed by atoms with Crippen LogP contribution in [0.2, 0.25) is 0 Å². The van der Waals surface area contributed by atoms with Crippen LogP contribution >= 0.6 is 11.3 Å². The molecular formula is C19H15N3O3S. The van der Waals surface area contributed by atoms with E-state index in [9.17, 15) is 4.79 Å². The zero-order chi connectivity index (χ0) is 18.1. The second-order valence-electron chi connectivity index (χ2n) is 5.54. The summed E-state index contributed by atoms with van der Waals surface area (Å²) in [5.74, 6) is 1.80. The molecule has 0 aliphatic rings. The highest BCUT2D eigenvalue weighted by molar-refractivity contribution is 7.15. The number of methoxy groups -OCH3 is 2. The number of aromatic nitrogens is 3. The largest absolute Gasteiger partial charge is 0.493 e. The summed E-state index contributed by atoms with van der Waals surface area (Å²) in [6.45, 7) is 0. The lowest BCUT2D eigenvalue weighted by molar-refractivity contribution is 0.355. The molecule has 2 heterocycles. The first-order valence-electron chi connectivity index (χ1n) is 7.88. The fourth-order valence-electron chi connectivity index (χ4n) is 2.73. The molecule has 0 unspecified atom stereocenters. The van der Waals surface area contributed by atoms with Gasteiger partial charge in [0.05, 0.1) is 18.8 Å². The predicted octanol–water partition coefficient (Wildman–Crippen LogP) is 2.38. The van der Waals surface area contributed by atoms with E-state index < -0.39 is 0 Å². The van der Waals surface area contributed by atoms with Crippen LogP contribution < -0.4 is 19.6 Å². The van der Waals surface area contributed by atoms with Crippen molar-refractivity contribution < 1.29 is 9.47 Å². The molecule has 0 saturated carbocycles. The van der Waals surface area contributed by atoms with Crippen molar-refractivity contribution in [2.24, 2.45) is 0 Å². The summed E-state index contributed by atoms with van der Waals surface area (Å²) in [5, 5.41) is 8.30. The molecule has 130 valence electrons. The molecule has 26 heavy (non-hydrogen) atoms. The molecule has 4 rings (SSSR count). The average molecular weight is 365 g/mol. The number of fused-ring (bicyclic) bond motifs is 1. The maximum absolute atomic E-state index is 12.9. The summed E-state index contributed by atoms with van der Waals surface area (Å²) < 4.78 is 12.7. The van der Waals surface area contributed by atoms with Gasteiger partial charge in [-0.2, -0.15) is 0 Å². The van der Waals surface area contributed by atoms with Gasteiger partial charge in [0.15, 0.2) is 17.3 Å². The van der Waals surface area contributed by atoms with Crippen LogP contribution in [0.4, 0.5) is 0 Å². The highest BCUT2D eigenvalue weighted by atomic mass is 32.1. The van der Waals surface area contributed by atoms with E-state index >= 15 is 0 Å². The van der Waals surface area contributed by atoms with E-state index in [0.717, 1.165) is 11.1 Å². The molecular weight excluding hydrogens is 350 g/mol. The molecule has 0 radical (unpaired) electrons. The third-order valence-corrected chi connectivity index (χ3v) is 4.95. The summed E-state index contributed by atoms with van der Waals surface area (Å²) in [7, 11) is 3.17. The Morgan fingerprint density at radius 2 is 1.77 bits per heavy atom. The fraction of sp³-hybridized carbons (Fsp3) is 0.105. The Bertz CT molecular complexity index is 1180. The van der Waals surface area contributed by atoms with Crippen molar-refractivity contribution in [3.63, 3.8) is 0 Å². The SMILES string of the molecule is COc1ccc(C=c2sc3nnc(-c4ccccc4)n3c2=O)cc1OC. The number of hydrogen-bond donors (Lipinski definition) is 0. The monoisotopic (exact) mass is 365 g/mol. The van der Waals surface area contributed by atoms with Gasteiger partial charge in [-0.15, -0.1) is 10.2 Å². The van der Waals surface area contributed by atoms with Crippen LogP contribution in [-0.2, 0) is 0 Å². The summed E-state index contributed by atoms with van der Waals surface area (Å²) >= 11 is 1.31. The topological polar surface area (TPSA) is 65.7 Å². The molecule has 0 aliphatic carbocycles. The summed E-state index contributed by atoms with van der Waals surface area (Å²) in [5.41, 5.74) is 1.56. The third-order valence-electron chi connectivity index (χ3n) is 3.99. The van der Waals surface area contributed by atoms with Gasteiger partial charge in [-0.3, -0.25) is 4.79 Å². The Kier molecular flexibility index (Phi) is 4.14. The average Bonchev–Trinajstić information content (AvgIpc) is 3.23. The molecule has 0 atom stereocenters. The van der Waals surface area contributed by atoms with Crippen LogP contribution in [0.25, 0.3) is 22.4 Å². The minimum absolute atomic E-state index is 0.136. The van der Waals surface area contributed by atoms with Crippen LogP contribution in [0.1, 0.15) is 5.56 Å². The van der Waals surface area contributed by atoms with Crippen molar-refractivity contribution in [2.45, 2.75) is 0 Å². The van der Waals surface area contributed by atoms with E-state index in [1.165, 1.54) is 11.3 Å². The second kappa shape index (κ2) is 6.61. The van der Waals surface area contributed by atoms with Crippen molar-refractivity contribution in [3.8, 4) is 22.9 Å². The van der Waals surface area contributed by atoms with E-state index in [4.69, 9.17) is 9.47 Å². The minimum atomic E-state index is -0.136. The first-order chi connectivity index (χ1) is 12.7. The number of thiazole rings is 1. The lowest BCUT2D eigenvalue weighted by Gasteiger charge is -2.07. The van der Waals surface area contributed by atoms with Gasteiger partial charge in [0.2, 0.25) is 4.96 Å². The Hall–Kier alpha value is -3.19. The second-order valence-corrected chi connectivity index (χ2v) is 6.55. The fourth-order valence-corrected chi connectivity index (χ4v) is 3.64. The number of rotatable bonds is 4. The normalized spacial score (nSPS) is 11.8. The van der Waals surface area contributed by atoms with Crippen molar-refractivity contribution in [3.05, 3.63) is 69.0 Å². The van der Waals surface area contributed by atoms with Crippen LogP contribution in [0.5, 0.6) is 11.5 Å². The summed E-state index contributed by atoms with van der Waals surface area (Å²) in [6, 6.07) is 15.1. The zero-order valence-electron chi connectivity index (χ0n) is 14.2.